The molecule has 0 aromatic carbocycles. The quantitative estimate of drug-likeness (QED) is 0.0256. The molecule has 8 unspecified atom stereocenters. The smallest absolute Gasteiger partial charge is 0.249 e. The average molecular weight is 768 g/mol. The Morgan fingerprint density at radius 2 is 1.09 bits per heavy atom. The van der Waals surface area contributed by atoms with Gasteiger partial charge in [0.05, 0.1) is 25.4 Å². The molecule has 1 amide bonds. The van der Waals surface area contributed by atoms with Crippen molar-refractivity contribution in [1.82, 2.24) is 5.32 Å². The van der Waals surface area contributed by atoms with Crippen molar-refractivity contribution in [3.8, 4) is 0 Å². The first-order valence-corrected chi connectivity index (χ1v) is 21.8. The summed E-state index contributed by atoms with van der Waals surface area (Å²) in [5.74, 6) is -0.634. The summed E-state index contributed by atoms with van der Waals surface area (Å²) in [6.07, 6.45) is 30.8. The van der Waals surface area contributed by atoms with Crippen LogP contribution in [-0.4, -0.2) is 98.7 Å². The van der Waals surface area contributed by atoms with Gasteiger partial charge in [0.2, 0.25) is 5.91 Å². The zero-order valence-corrected chi connectivity index (χ0v) is 34.1. The van der Waals surface area contributed by atoms with Gasteiger partial charge in [-0.15, -0.1) is 0 Å². The second-order valence-electron chi connectivity index (χ2n) is 15.3. The first kappa shape index (κ1) is 50.4. The van der Waals surface area contributed by atoms with E-state index in [-0.39, 0.29) is 6.61 Å². The van der Waals surface area contributed by atoms with Crippen LogP contribution in [0.5, 0.6) is 0 Å². The van der Waals surface area contributed by atoms with Crippen LogP contribution in [0.2, 0.25) is 0 Å². The molecule has 0 aliphatic carbocycles. The summed E-state index contributed by atoms with van der Waals surface area (Å²) in [6, 6.07) is -0.997. The number of nitrogens with one attached hydrogen (secondary N) is 1. The summed E-state index contributed by atoms with van der Waals surface area (Å²) in [5.41, 5.74) is 0. The Kier molecular flexibility index (Phi) is 32.3. The fraction of sp³-hybridized carbons (Fsp3) is 0.841. The van der Waals surface area contributed by atoms with E-state index in [1.54, 1.807) is 6.08 Å². The molecule has 0 radical (unpaired) electrons. The lowest BCUT2D eigenvalue weighted by Crippen LogP contribution is -2.60. The summed E-state index contributed by atoms with van der Waals surface area (Å²) in [5, 5.41) is 64.5. The molecule has 10 nitrogen and oxygen atoms in total. The van der Waals surface area contributed by atoms with Gasteiger partial charge in [0.1, 0.15) is 30.5 Å². The van der Waals surface area contributed by atoms with Crippen molar-refractivity contribution < 1.29 is 44.9 Å². The van der Waals surface area contributed by atoms with Crippen LogP contribution in [0.1, 0.15) is 174 Å². The standard InChI is InChI=1S/C44H81NO9/c1-3-5-7-9-11-13-15-17-19-21-22-24-26-28-30-32-37(47)36(35-53-44-42(51)41(50)40(49)39(34-46)54-44)45-43(52)38(48)33-31-29-27-25-23-20-18-16-14-12-10-8-6-4-2/h14,16,22,24,30,32,36-42,44,46-51H,3-13,15,17-21,23,25-29,31,33-35H2,1-2H3,(H,45,52)/b16-14-,24-22+,32-30+. The van der Waals surface area contributed by atoms with E-state index in [2.05, 4.69) is 43.5 Å². The molecule has 10 heteroatoms. The number of hydrogen-bond acceptors (Lipinski definition) is 9. The topological polar surface area (TPSA) is 169 Å². The number of rotatable bonds is 35. The molecule has 0 bridgehead atoms. The third-order valence-electron chi connectivity index (χ3n) is 10.3. The number of carbonyl (C=O) groups is 1. The zero-order valence-electron chi connectivity index (χ0n) is 34.1. The SMILES string of the molecule is CCCCCC/C=C\CCCCCCCCC(O)C(=O)NC(COC1OC(CO)C(O)C(O)C1O)C(O)/C=C/CC/C=C/CCCCCCCCCCC. The van der Waals surface area contributed by atoms with Gasteiger partial charge in [0.25, 0.3) is 0 Å². The van der Waals surface area contributed by atoms with E-state index in [9.17, 15) is 35.4 Å². The van der Waals surface area contributed by atoms with Crippen LogP contribution in [0.3, 0.4) is 0 Å². The minimum absolute atomic E-state index is 0.296. The first-order valence-electron chi connectivity index (χ1n) is 21.8. The summed E-state index contributed by atoms with van der Waals surface area (Å²) in [4.78, 5) is 13.0. The van der Waals surface area contributed by atoms with E-state index in [1.165, 1.54) is 103 Å². The first-order chi connectivity index (χ1) is 26.3. The second kappa shape index (κ2) is 34.6. The molecule has 0 aromatic rings. The number of allylic oxidation sites excluding steroid dienone is 5. The molecule has 7 N–H and O–H groups in total. The van der Waals surface area contributed by atoms with Gasteiger partial charge < -0.3 is 45.4 Å². The van der Waals surface area contributed by atoms with Crippen molar-refractivity contribution in [2.75, 3.05) is 13.2 Å². The lowest BCUT2D eigenvalue weighted by Gasteiger charge is -2.40. The number of carbonyl (C=O) groups excluding carboxylic acids is 1. The third kappa shape index (κ3) is 24.8. The van der Waals surface area contributed by atoms with Gasteiger partial charge >= 0.3 is 0 Å². The Balaban J connectivity index is 2.49. The molecular weight excluding hydrogens is 686 g/mol. The predicted octanol–water partition coefficient (Wildman–Crippen LogP) is 7.47. The van der Waals surface area contributed by atoms with Crippen molar-refractivity contribution in [2.45, 2.75) is 223 Å². The van der Waals surface area contributed by atoms with Crippen molar-refractivity contribution in [3.05, 3.63) is 36.5 Å². The minimum atomic E-state index is -1.61. The summed E-state index contributed by atoms with van der Waals surface area (Å²) < 4.78 is 11.1. The van der Waals surface area contributed by atoms with Crippen molar-refractivity contribution in [3.63, 3.8) is 0 Å². The molecule has 1 aliphatic heterocycles. The Labute approximate surface area is 328 Å². The molecule has 1 fully saturated rings. The van der Waals surface area contributed by atoms with E-state index in [4.69, 9.17) is 9.47 Å². The Hall–Kier alpha value is -1.63. The zero-order chi connectivity index (χ0) is 39.7. The van der Waals surface area contributed by atoms with Gasteiger partial charge in [-0.2, -0.15) is 0 Å². The van der Waals surface area contributed by atoms with E-state index >= 15 is 0 Å². The molecule has 0 saturated carbocycles. The molecule has 0 aromatic heterocycles. The summed E-state index contributed by atoms with van der Waals surface area (Å²) in [6.45, 7) is 3.55. The van der Waals surface area contributed by atoms with Gasteiger partial charge in [-0.1, -0.05) is 153 Å². The number of hydrogen-bond donors (Lipinski definition) is 7. The predicted molar refractivity (Wildman–Crippen MR) is 218 cm³/mol. The van der Waals surface area contributed by atoms with Crippen LogP contribution in [0.15, 0.2) is 36.5 Å². The van der Waals surface area contributed by atoms with E-state index in [0.717, 1.165) is 38.5 Å². The Morgan fingerprint density at radius 3 is 1.63 bits per heavy atom. The van der Waals surface area contributed by atoms with Crippen molar-refractivity contribution >= 4 is 5.91 Å². The van der Waals surface area contributed by atoms with E-state index in [0.29, 0.717) is 19.3 Å². The molecule has 1 aliphatic rings. The average Bonchev–Trinajstić information content (AvgIpc) is 3.17. The highest BCUT2D eigenvalue weighted by molar-refractivity contribution is 5.80. The molecule has 54 heavy (non-hydrogen) atoms. The van der Waals surface area contributed by atoms with Crippen LogP contribution in [0.25, 0.3) is 0 Å². The molecule has 1 heterocycles. The third-order valence-corrected chi connectivity index (χ3v) is 10.3. The minimum Gasteiger partial charge on any atom is -0.394 e. The van der Waals surface area contributed by atoms with Crippen molar-refractivity contribution in [2.24, 2.45) is 0 Å². The van der Waals surface area contributed by atoms with Crippen LogP contribution >= 0.6 is 0 Å². The Morgan fingerprint density at radius 1 is 0.630 bits per heavy atom. The van der Waals surface area contributed by atoms with Gasteiger partial charge in [-0.05, 0) is 57.8 Å². The van der Waals surface area contributed by atoms with Crippen LogP contribution < -0.4 is 5.32 Å². The Bertz CT molecular complexity index is 958. The molecule has 8 atom stereocenters. The monoisotopic (exact) mass is 768 g/mol. The molecule has 316 valence electrons. The highest BCUT2D eigenvalue weighted by Crippen LogP contribution is 2.22. The van der Waals surface area contributed by atoms with E-state index < -0.39 is 61.5 Å². The fourth-order valence-corrected chi connectivity index (χ4v) is 6.64. The maximum Gasteiger partial charge on any atom is 0.249 e. The lowest BCUT2D eigenvalue weighted by molar-refractivity contribution is -0.302. The molecular formula is C44H81NO9. The number of unbranched alkanes of at least 4 members (excludes halogenated alkanes) is 20. The highest BCUT2D eigenvalue weighted by Gasteiger charge is 2.44. The maximum atomic E-state index is 13.0. The maximum absolute atomic E-state index is 13.0. The number of aliphatic hydroxyl groups excluding tert-OH is 6. The summed E-state index contributed by atoms with van der Waals surface area (Å²) >= 11 is 0. The lowest BCUT2D eigenvalue weighted by atomic mass is 9.99. The molecule has 0 spiro atoms. The van der Waals surface area contributed by atoms with E-state index in [1.807, 2.05) is 6.08 Å². The van der Waals surface area contributed by atoms with Crippen LogP contribution in [-0.2, 0) is 14.3 Å². The van der Waals surface area contributed by atoms with Gasteiger partial charge in [-0.25, -0.2) is 0 Å². The number of ether oxygens (including phenoxy) is 2. The molecule has 1 rings (SSSR count). The van der Waals surface area contributed by atoms with Gasteiger partial charge in [0.15, 0.2) is 6.29 Å². The number of amides is 1. The molecule has 1 saturated heterocycles. The summed E-state index contributed by atoms with van der Waals surface area (Å²) in [7, 11) is 0. The van der Waals surface area contributed by atoms with Crippen LogP contribution in [0, 0.1) is 0 Å². The van der Waals surface area contributed by atoms with Gasteiger partial charge in [0, 0.05) is 0 Å². The van der Waals surface area contributed by atoms with Crippen LogP contribution in [0.4, 0.5) is 0 Å². The normalized spacial score (nSPS) is 22.4. The van der Waals surface area contributed by atoms with Gasteiger partial charge in [-0.3, -0.25) is 4.79 Å². The second-order valence-corrected chi connectivity index (χ2v) is 15.3. The largest absolute Gasteiger partial charge is 0.394 e. The van der Waals surface area contributed by atoms with Crippen molar-refractivity contribution in [1.29, 1.82) is 0 Å². The number of aliphatic hydroxyl groups is 6. The fourth-order valence-electron chi connectivity index (χ4n) is 6.64. The highest BCUT2D eigenvalue weighted by atomic mass is 16.7.